The predicted octanol–water partition coefficient (Wildman–Crippen LogP) is 2.56. The van der Waals surface area contributed by atoms with Gasteiger partial charge in [0.2, 0.25) is 5.91 Å². The van der Waals surface area contributed by atoms with Gasteiger partial charge in [-0.05, 0) is 37.9 Å². The van der Waals surface area contributed by atoms with Crippen LogP contribution in [-0.4, -0.2) is 55.9 Å². The molecule has 8 heteroatoms. The molecule has 3 aromatic rings. The first kappa shape index (κ1) is 18.2. The molecule has 5 rings (SSSR count). The Bertz CT molecular complexity index is 1050. The quantitative estimate of drug-likeness (QED) is 0.666. The van der Waals surface area contributed by atoms with Crippen molar-refractivity contribution in [3.63, 3.8) is 0 Å². The number of likely N-dealkylation sites (tertiary alicyclic amines) is 1. The first-order chi connectivity index (χ1) is 14.1. The van der Waals surface area contributed by atoms with Crippen LogP contribution in [0.4, 0.5) is 5.82 Å². The van der Waals surface area contributed by atoms with Gasteiger partial charge in [-0.3, -0.25) is 14.4 Å². The van der Waals surface area contributed by atoms with Gasteiger partial charge >= 0.3 is 0 Å². The third-order valence-corrected chi connectivity index (χ3v) is 5.94. The minimum atomic E-state index is 0.0630. The molecular formula is C21H26N6O2. The Morgan fingerprint density at radius 3 is 2.90 bits per heavy atom. The number of aromatic nitrogens is 4. The van der Waals surface area contributed by atoms with E-state index in [1.807, 2.05) is 36.1 Å². The maximum absolute atomic E-state index is 12.0. The Kier molecular flexibility index (Phi) is 4.50. The molecular weight excluding hydrogens is 368 g/mol. The van der Waals surface area contributed by atoms with Gasteiger partial charge in [-0.1, -0.05) is 6.92 Å². The number of rotatable bonds is 7. The number of fused-ring (bicyclic) bond motifs is 1. The zero-order chi connectivity index (χ0) is 20.0. The van der Waals surface area contributed by atoms with Crippen LogP contribution >= 0.6 is 0 Å². The van der Waals surface area contributed by atoms with Gasteiger partial charge in [0.15, 0.2) is 11.6 Å². The second-order valence-corrected chi connectivity index (χ2v) is 7.94. The minimum Gasteiger partial charge on any atom is -0.488 e. The molecule has 152 valence electrons. The van der Waals surface area contributed by atoms with E-state index in [0.717, 1.165) is 48.5 Å². The summed E-state index contributed by atoms with van der Waals surface area (Å²) in [7, 11) is 1.92. The lowest BCUT2D eigenvalue weighted by Gasteiger charge is -2.39. The maximum atomic E-state index is 12.0. The molecule has 1 saturated heterocycles. The lowest BCUT2D eigenvalue weighted by atomic mass is 10.0. The number of pyridine rings is 1. The van der Waals surface area contributed by atoms with Crippen LogP contribution < -0.4 is 10.1 Å². The number of hydrogen-bond acceptors (Lipinski definition) is 5. The van der Waals surface area contributed by atoms with Crippen LogP contribution in [0.1, 0.15) is 26.2 Å². The molecule has 0 spiro atoms. The molecule has 1 aliphatic heterocycles. The average molecular weight is 394 g/mol. The van der Waals surface area contributed by atoms with Crippen molar-refractivity contribution < 1.29 is 9.53 Å². The van der Waals surface area contributed by atoms with Crippen LogP contribution in [0.25, 0.3) is 16.8 Å². The highest BCUT2D eigenvalue weighted by Crippen LogP contribution is 2.32. The number of nitrogens with one attached hydrogen (secondary N) is 1. The lowest BCUT2D eigenvalue weighted by Crippen LogP contribution is -2.50. The monoisotopic (exact) mass is 394 g/mol. The molecule has 0 unspecified atom stereocenters. The molecule has 29 heavy (non-hydrogen) atoms. The fourth-order valence-corrected chi connectivity index (χ4v) is 3.91. The highest BCUT2D eigenvalue weighted by atomic mass is 16.5. The summed E-state index contributed by atoms with van der Waals surface area (Å²) in [6.45, 7) is 5.08. The van der Waals surface area contributed by atoms with E-state index in [4.69, 9.17) is 4.74 Å². The average Bonchev–Trinajstić information content (AvgIpc) is 3.37. The molecule has 4 heterocycles. The third-order valence-electron chi connectivity index (χ3n) is 5.94. The number of likely N-dealkylation sites (N-methyl/N-ethyl adjacent to an activating group) is 1. The molecule has 2 aliphatic rings. The topological polar surface area (TPSA) is 76.7 Å². The van der Waals surface area contributed by atoms with Gasteiger partial charge in [0.1, 0.15) is 12.3 Å². The van der Waals surface area contributed by atoms with E-state index in [0.29, 0.717) is 18.5 Å². The Hall–Kier alpha value is -2.87. The number of aryl methyl sites for hydroxylation is 1. The molecule has 1 amide bonds. The summed E-state index contributed by atoms with van der Waals surface area (Å²) in [4.78, 5) is 14.4. The summed E-state index contributed by atoms with van der Waals surface area (Å²) in [6, 6.07) is 6.43. The zero-order valence-corrected chi connectivity index (χ0v) is 16.8. The fraction of sp³-hybridized carbons (Fsp3) is 0.476. The number of carbonyl (C=O) groups is 1. The number of nitrogens with zero attached hydrogens (tertiary/aromatic N) is 5. The van der Waals surface area contributed by atoms with Gasteiger partial charge in [0.05, 0.1) is 11.7 Å². The molecule has 3 aromatic heterocycles. The Balaban J connectivity index is 1.37. The van der Waals surface area contributed by atoms with Gasteiger partial charge in [-0.15, -0.1) is 0 Å². The van der Waals surface area contributed by atoms with E-state index >= 15 is 0 Å². The molecule has 0 radical (unpaired) electrons. The predicted molar refractivity (Wildman–Crippen MR) is 110 cm³/mol. The van der Waals surface area contributed by atoms with Crippen LogP contribution in [0.3, 0.4) is 0 Å². The van der Waals surface area contributed by atoms with Gasteiger partial charge in [0.25, 0.3) is 0 Å². The van der Waals surface area contributed by atoms with Crippen molar-refractivity contribution in [2.75, 3.05) is 25.0 Å². The van der Waals surface area contributed by atoms with E-state index in [2.05, 4.69) is 27.3 Å². The number of hydrogen-bond donors (Lipinski definition) is 1. The van der Waals surface area contributed by atoms with Crippen molar-refractivity contribution in [1.82, 2.24) is 24.3 Å². The molecule has 1 aliphatic carbocycles. The van der Waals surface area contributed by atoms with Crippen molar-refractivity contribution >= 4 is 17.2 Å². The van der Waals surface area contributed by atoms with Crippen molar-refractivity contribution in [3.05, 3.63) is 30.6 Å². The summed E-state index contributed by atoms with van der Waals surface area (Å²) in [5.74, 6) is 1.60. The fourth-order valence-electron chi connectivity index (χ4n) is 3.91. The summed E-state index contributed by atoms with van der Waals surface area (Å²) >= 11 is 0. The van der Waals surface area contributed by atoms with Crippen molar-refractivity contribution in [2.24, 2.45) is 13.0 Å². The van der Waals surface area contributed by atoms with Crippen LogP contribution in [-0.2, 0) is 11.8 Å². The Labute approximate surface area is 169 Å². The van der Waals surface area contributed by atoms with Crippen LogP contribution in [0.15, 0.2) is 30.6 Å². The standard InChI is InChI=1S/C21H26N6O2/c1-3-26-8-7-16(26)13-29-18-12-22-25(2)20(18)15-6-9-27-17(10-15)11-19(24-27)23-21(28)14-4-5-14/h6,9-12,14,16H,3-5,7-8,13H2,1-2H3,(H,23,24,28)/t16-/m1/s1. The molecule has 0 aromatic carbocycles. The normalized spacial score (nSPS) is 19.3. The van der Waals surface area contributed by atoms with E-state index in [9.17, 15) is 4.79 Å². The molecule has 1 atom stereocenters. The van der Waals surface area contributed by atoms with E-state index in [1.165, 1.54) is 6.42 Å². The molecule has 8 nitrogen and oxygen atoms in total. The lowest BCUT2D eigenvalue weighted by molar-refractivity contribution is -0.117. The Morgan fingerprint density at radius 1 is 1.31 bits per heavy atom. The van der Waals surface area contributed by atoms with E-state index in [1.54, 1.807) is 10.7 Å². The highest BCUT2D eigenvalue weighted by Gasteiger charge is 2.30. The number of carbonyl (C=O) groups excluding carboxylic acids is 1. The van der Waals surface area contributed by atoms with Crippen LogP contribution in [0.5, 0.6) is 5.75 Å². The van der Waals surface area contributed by atoms with Gasteiger partial charge in [-0.2, -0.15) is 10.2 Å². The van der Waals surface area contributed by atoms with Crippen LogP contribution in [0, 0.1) is 5.92 Å². The smallest absolute Gasteiger partial charge is 0.228 e. The van der Waals surface area contributed by atoms with Gasteiger partial charge in [-0.25, -0.2) is 4.52 Å². The zero-order valence-electron chi connectivity index (χ0n) is 16.8. The minimum absolute atomic E-state index is 0.0630. The summed E-state index contributed by atoms with van der Waals surface area (Å²) in [6.07, 6.45) is 6.82. The first-order valence-corrected chi connectivity index (χ1v) is 10.3. The number of amides is 1. The van der Waals surface area contributed by atoms with Crippen LogP contribution in [0.2, 0.25) is 0 Å². The van der Waals surface area contributed by atoms with Crippen molar-refractivity contribution in [1.29, 1.82) is 0 Å². The second-order valence-electron chi connectivity index (χ2n) is 7.94. The molecule has 1 N–H and O–H groups in total. The molecule has 1 saturated carbocycles. The summed E-state index contributed by atoms with van der Waals surface area (Å²) in [5.41, 5.74) is 2.87. The second kappa shape index (κ2) is 7.18. The summed E-state index contributed by atoms with van der Waals surface area (Å²) < 4.78 is 9.76. The van der Waals surface area contributed by atoms with E-state index < -0.39 is 0 Å². The highest BCUT2D eigenvalue weighted by molar-refractivity contribution is 5.93. The van der Waals surface area contributed by atoms with Gasteiger partial charge < -0.3 is 10.1 Å². The maximum Gasteiger partial charge on any atom is 0.228 e. The third kappa shape index (κ3) is 3.48. The molecule has 2 fully saturated rings. The number of ether oxygens (including phenoxy) is 1. The largest absolute Gasteiger partial charge is 0.488 e. The molecule has 0 bridgehead atoms. The SMILES string of the molecule is CCN1CC[C@@H]1COc1cnn(C)c1-c1ccn2nc(NC(=O)C3CC3)cc2c1. The van der Waals surface area contributed by atoms with E-state index in [-0.39, 0.29) is 11.8 Å². The van der Waals surface area contributed by atoms with Gasteiger partial charge in [0, 0.05) is 43.4 Å². The Morgan fingerprint density at radius 2 is 2.17 bits per heavy atom. The van der Waals surface area contributed by atoms with Crippen molar-refractivity contribution in [2.45, 2.75) is 32.2 Å². The first-order valence-electron chi connectivity index (χ1n) is 10.3. The summed E-state index contributed by atoms with van der Waals surface area (Å²) in [5, 5.41) is 11.8. The van der Waals surface area contributed by atoms with Crippen molar-refractivity contribution in [3.8, 4) is 17.0 Å². The number of anilines is 1.